The van der Waals surface area contributed by atoms with Crippen molar-refractivity contribution in [2.24, 2.45) is 0 Å². The van der Waals surface area contributed by atoms with Crippen LogP contribution in [0.5, 0.6) is 0 Å². The Balaban J connectivity index is 1.99. The van der Waals surface area contributed by atoms with Crippen LogP contribution < -0.4 is 0 Å². The summed E-state index contributed by atoms with van der Waals surface area (Å²) in [5.74, 6) is 0. The molecule has 0 aromatic heterocycles. The Labute approximate surface area is 160 Å². The lowest BCUT2D eigenvalue weighted by Gasteiger charge is -2.50. The fourth-order valence-corrected chi connectivity index (χ4v) is 5.49. The molecule has 2 radical (unpaired) electrons. The highest BCUT2D eigenvalue weighted by molar-refractivity contribution is 7.75. The highest BCUT2D eigenvalue weighted by Crippen LogP contribution is 2.40. The standard InChI is InChI=1S/C18H34N2O5S/c1-15(2)9-13(10-16(3,4)19(15)21)24-26(23)25-14-11-17(5,6)20(22)18(7,8)12-14/h13-14H,9-12H2,1-8H3. The second kappa shape index (κ2) is 7.06. The Kier molecular flexibility index (Phi) is 6.03. The van der Waals surface area contributed by atoms with Crippen molar-refractivity contribution >= 4 is 11.4 Å². The van der Waals surface area contributed by atoms with E-state index in [0.717, 1.165) is 10.1 Å². The van der Waals surface area contributed by atoms with Gasteiger partial charge in [0.25, 0.3) is 0 Å². The molecule has 152 valence electrons. The zero-order valence-corrected chi connectivity index (χ0v) is 18.1. The molecule has 2 heterocycles. The number of rotatable bonds is 4. The molecule has 2 saturated heterocycles. The number of hydrogen-bond donors (Lipinski definition) is 0. The number of hydrogen-bond acceptors (Lipinski definition) is 5. The third-order valence-corrected chi connectivity index (χ3v) is 6.40. The summed E-state index contributed by atoms with van der Waals surface area (Å²) >= 11 is -1.91. The van der Waals surface area contributed by atoms with E-state index in [1.165, 1.54) is 0 Å². The molecule has 2 aliphatic heterocycles. The van der Waals surface area contributed by atoms with Crippen molar-refractivity contribution < 1.29 is 23.0 Å². The average Bonchev–Trinajstić information content (AvgIpc) is 2.40. The minimum Gasteiger partial charge on any atom is -0.265 e. The molecule has 0 N–H and O–H groups in total. The Hall–Kier alpha value is -0.0900. The molecule has 0 aliphatic carbocycles. The van der Waals surface area contributed by atoms with Gasteiger partial charge in [0.1, 0.15) is 0 Å². The van der Waals surface area contributed by atoms with Gasteiger partial charge in [0.15, 0.2) is 0 Å². The monoisotopic (exact) mass is 390 g/mol. The van der Waals surface area contributed by atoms with Crippen molar-refractivity contribution in [3.63, 3.8) is 0 Å². The molecule has 2 rings (SSSR count). The van der Waals surface area contributed by atoms with Crippen molar-refractivity contribution in [2.75, 3.05) is 0 Å². The van der Waals surface area contributed by atoms with Gasteiger partial charge in [-0.2, -0.15) is 4.21 Å². The molecule has 0 spiro atoms. The predicted molar refractivity (Wildman–Crippen MR) is 97.7 cm³/mol. The van der Waals surface area contributed by atoms with E-state index < -0.39 is 33.5 Å². The van der Waals surface area contributed by atoms with Gasteiger partial charge in [-0.05, 0) is 81.1 Å². The zero-order chi connectivity index (χ0) is 20.1. The lowest BCUT2D eigenvalue weighted by molar-refractivity contribution is -0.298. The van der Waals surface area contributed by atoms with Crippen molar-refractivity contribution in [2.45, 2.75) is 115 Å². The molecule has 0 aromatic carbocycles. The van der Waals surface area contributed by atoms with Crippen LogP contribution in [0.1, 0.15) is 81.1 Å². The maximum atomic E-state index is 12.5. The first-order valence-corrected chi connectivity index (χ1v) is 10.3. The van der Waals surface area contributed by atoms with Crippen LogP contribution in [-0.4, -0.2) is 48.7 Å². The SMILES string of the molecule is CC1(C)CC(OS(=O)OC2CC(C)(C)N([O])C(C)(C)C2)CC(C)(C)N1[O]. The first-order chi connectivity index (χ1) is 11.6. The van der Waals surface area contributed by atoms with Crippen molar-refractivity contribution in [1.29, 1.82) is 0 Å². The van der Waals surface area contributed by atoms with E-state index in [2.05, 4.69) is 0 Å². The first kappa shape index (κ1) is 22.2. The lowest BCUT2D eigenvalue weighted by Crippen LogP contribution is -2.60. The molecule has 0 unspecified atom stereocenters. The summed E-state index contributed by atoms with van der Waals surface area (Å²) in [6.45, 7) is 15.0. The van der Waals surface area contributed by atoms with Gasteiger partial charge in [0.05, 0.1) is 12.2 Å². The van der Waals surface area contributed by atoms with Gasteiger partial charge in [-0.3, -0.25) is 8.37 Å². The Bertz CT molecular complexity index is 468. The third kappa shape index (κ3) is 4.66. The van der Waals surface area contributed by atoms with Gasteiger partial charge < -0.3 is 0 Å². The Morgan fingerprint density at radius 2 is 0.885 bits per heavy atom. The summed E-state index contributed by atoms with van der Waals surface area (Å²) < 4.78 is 23.8. The summed E-state index contributed by atoms with van der Waals surface area (Å²) in [4.78, 5) is 0. The van der Waals surface area contributed by atoms with Crippen molar-refractivity contribution in [1.82, 2.24) is 10.1 Å². The fourth-order valence-electron chi connectivity index (χ4n) is 4.72. The number of nitrogens with zero attached hydrogens (tertiary/aromatic N) is 2. The minimum absolute atomic E-state index is 0.313. The number of hydroxylamine groups is 4. The third-order valence-electron chi connectivity index (χ3n) is 5.54. The molecule has 8 heteroatoms. The van der Waals surface area contributed by atoms with E-state index in [-0.39, 0.29) is 12.2 Å². The molecular weight excluding hydrogens is 356 g/mol. The molecule has 0 atom stereocenters. The molecule has 7 nitrogen and oxygen atoms in total. The maximum Gasteiger partial charge on any atom is 0.305 e. The van der Waals surface area contributed by atoms with E-state index in [4.69, 9.17) is 8.37 Å². The fraction of sp³-hybridized carbons (Fsp3) is 1.00. The molecule has 0 aromatic rings. The second-order valence-electron chi connectivity index (χ2n) is 10.3. The summed E-state index contributed by atoms with van der Waals surface area (Å²) in [7, 11) is 0. The Morgan fingerprint density at radius 1 is 0.654 bits per heavy atom. The predicted octanol–water partition coefficient (Wildman–Crippen LogP) is 3.33. The number of piperidine rings is 2. The molecule has 0 amide bonds. The summed E-state index contributed by atoms with van der Waals surface area (Å²) in [6.07, 6.45) is 1.34. The molecule has 0 bridgehead atoms. The van der Waals surface area contributed by atoms with Crippen LogP contribution in [0.15, 0.2) is 0 Å². The van der Waals surface area contributed by atoms with Crippen LogP contribution >= 0.6 is 0 Å². The summed E-state index contributed by atoms with van der Waals surface area (Å²) in [5, 5.41) is 27.0. The van der Waals surface area contributed by atoms with Crippen LogP contribution in [0.3, 0.4) is 0 Å². The smallest absolute Gasteiger partial charge is 0.265 e. The molecule has 2 fully saturated rings. The van der Waals surface area contributed by atoms with Gasteiger partial charge in [-0.25, -0.2) is 0 Å². The van der Waals surface area contributed by atoms with Crippen molar-refractivity contribution in [3.05, 3.63) is 0 Å². The average molecular weight is 391 g/mol. The molecule has 2 aliphatic rings. The highest BCUT2D eigenvalue weighted by atomic mass is 32.2. The van der Waals surface area contributed by atoms with Crippen molar-refractivity contribution in [3.8, 4) is 0 Å². The highest BCUT2D eigenvalue weighted by Gasteiger charge is 2.49. The quantitative estimate of drug-likeness (QED) is 0.735. The van der Waals surface area contributed by atoms with Crippen LogP contribution in [0, 0.1) is 0 Å². The van der Waals surface area contributed by atoms with E-state index in [9.17, 15) is 14.6 Å². The summed E-state index contributed by atoms with van der Waals surface area (Å²) in [6, 6.07) is 0. The molecule has 0 saturated carbocycles. The first-order valence-electron chi connectivity index (χ1n) is 9.28. The van der Waals surface area contributed by atoms with Crippen LogP contribution in [-0.2, 0) is 30.1 Å². The normalized spacial score (nSPS) is 30.0. The van der Waals surface area contributed by atoms with Crippen LogP contribution in [0.25, 0.3) is 0 Å². The van der Waals surface area contributed by atoms with E-state index in [1.54, 1.807) is 0 Å². The largest absolute Gasteiger partial charge is 0.305 e. The maximum absolute atomic E-state index is 12.5. The van der Waals surface area contributed by atoms with Gasteiger partial charge >= 0.3 is 11.4 Å². The van der Waals surface area contributed by atoms with Gasteiger partial charge in [-0.1, -0.05) is 0 Å². The van der Waals surface area contributed by atoms with E-state index in [0.29, 0.717) is 25.7 Å². The van der Waals surface area contributed by atoms with Crippen LogP contribution in [0.2, 0.25) is 0 Å². The van der Waals surface area contributed by atoms with Gasteiger partial charge in [0.2, 0.25) is 0 Å². The topological polar surface area (TPSA) is 81.8 Å². The molecule has 26 heavy (non-hydrogen) atoms. The second-order valence-corrected chi connectivity index (χ2v) is 11.1. The molecular formula is C18H34N2O5S. The zero-order valence-electron chi connectivity index (χ0n) is 17.3. The lowest BCUT2D eigenvalue weighted by atomic mass is 9.80. The van der Waals surface area contributed by atoms with Crippen LogP contribution in [0.4, 0.5) is 0 Å². The minimum atomic E-state index is -1.91. The van der Waals surface area contributed by atoms with Gasteiger partial charge in [-0.15, -0.1) is 20.5 Å². The van der Waals surface area contributed by atoms with Gasteiger partial charge in [0, 0.05) is 22.2 Å². The summed E-state index contributed by atoms with van der Waals surface area (Å²) in [5.41, 5.74) is -2.36. The van der Waals surface area contributed by atoms with E-state index in [1.807, 2.05) is 55.4 Å². The van der Waals surface area contributed by atoms with E-state index >= 15 is 0 Å². The Morgan fingerprint density at radius 3 is 1.12 bits per heavy atom.